The number of rotatable bonds is 5. The van der Waals surface area contributed by atoms with Crippen LogP contribution in [0.25, 0.3) is 0 Å². The molecule has 2 rings (SSSR count). The van der Waals surface area contributed by atoms with Crippen LogP contribution in [0.4, 0.5) is 5.82 Å². The monoisotopic (exact) mass is 282 g/mol. The van der Waals surface area contributed by atoms with Gasteiger partial charge in [-0.3, -0.25) is 0 Å². The van der Waals surface area contributed by atoms with E-state index >= 15 is 0 Å². The van der Waals surface area contributed by atoms with Crippen molar-refractivity contribution in [3.63, 3.8) is 0 Å². The van der Waals surface area contributed by atoms with Crippen LogP contribution in [-0.4, -0.2) is 16.5 Å². The third-order valence-corrected chi connectivity index (χ3v) is 2.99. The third kappa shape index (κ3) is 3.69. The quantitative estimate of drug-likeness (QED) is 0.907. The predicted molar refractivity (Wildman–Crippen MR) is 81.5 cm³/mol. The molecule has 21 heavy (non-hydrogen) atoms. The lowest BCUT2D eigenvalue weighted by Gasteiger charge is -2.12. The van der Waals surface area contributed by atoms with Gasteiger partial charge < -0.3 is 10.1 Å². The Morgan fingerprint density at radius 3 is 2.52 bits per heavy atom. The molecule has 0 aliphatic heterocycles. The second kappa shape index (κ2) is 6.71. The summed E-state index contributed by atoms with van der Waals surface area (Å²) in [6.45, 7) is 6.78. The number of aryl methyl sites for hydroxylation is 2. The number of benzene rings is 1. The molecule has 108 valence electrons. The minimum Gasteiger partial charge on any atom is -0.438 e. The molecule has 0 amide bonds. The molecule has 1 N–H and O–H groups in total. The summed E-state index contributed by atoms with van der Waals surface area (Å²) in [5.74, 6) is 1.96. The topological polar surface area (TPSA) is 70.8 Å². The summed E-state index contributed by atoms with van der Waals surface area (Å²) in [4.78, 5) is 8.27. The summed E-state index contributed by atoms with van der Waals surface area (Å²) in [5.41, 5.74) is 2.45. The van der Waals surface area contributed by atoms with Crippen molar-refractivity contribution in [3.05, 3.63) is 41.2 Å². The van der Waals surface area contributed by atoms with Gasteiger partial charge in [-0.25, -0.2) is 9.97 Å². The molecule has 2 aromatic rings. The fraction of sp³-hybridized carbons (Fsp3) is 0.312. The first-order valence-electron chi connectivity index (χ1n) is 6.89. The smallest absolute Gasteiger partial charge is 0.224 e. The summed E-state index contributed by atoms with van der Waals surface area (Å²) in [5, 5.41) is 12.2. The van der Waals surface area contributed by atoms with Gasteiger partial charge in [-0.2, -0.15) is 5.26 Å². The average Bonchev–Trinajstić information content (AvgIpc) is 2.49. The molecule has 0 saturated heterocycles. The number of nitrogens with one attached hydrogen (secondary N) is 1. The van der Waals surface area contributed by atoms with Crippen LogP contribution >= 0.6 is 0 Å². The van der Waals surface area contributed by atoms with Crippen LogP contribution in [0.1, 0.15) is 30.0 Å². The van der Waals surface area contributed by atoms with E-state index in [9.17, 15) is 0 Å². The van der Waals surface area contributed by atoms with Crippen LogP contribution in [0.3, 0.4) is 0 Å². The van der Waals surface area contributed by atoms with Crippen molar-refractivity contribution in [1.82, 2.24) is 9.97 Å². The molecule has 0 aliphatic rings. The fourth-order valence-corrected chi connectivity index (χ4v) is 2.03. The van der Waals surface area contributed by atoms with Gasteiger partial charge in [-0.05, 0) is 43.5 Å². The molecule has 5 nitrogen and oxygen atoms in total. The summed E-state index contributed by atoms with van der Waals surface area (Å²) >= 11 is 0. The molecule has 0 aliphatic carbocycles. The number of ether oxygens (including phenoxy) is 1. The van der Waals surface area contributed by atoms with Crippen molar-refractivity contribution in [2.45, 2.75) is 27.2 Å². The van der Waals surface area contributed by atoms with E-state index in [0.29, 0.717) is 11.4 Å². The standard InChI is InChI=1S/C16H18N4O/c1-4-5-18-14-8-15(20-10-19-14)21-16-11(2)6-13(9-17)7-12(16)3/h6-8,10H,4-5H2,1-3H3,(H,18,19,20). The first-order chi connectivity index (χ1) is 10.1. The van der Waals surface area contributed by atoms with Gasteiger partial charge in [0, 0.05) is 12.6 Å². The highest BCUT2D eigenvalue weighted by Gasteiger charge is 2.09. The van der Waals surface area contributed by atoms with Crippen molar-refractivity contribution in [2.24, 2.45) is 0 Å². The van der Waals surface area contributed by atoms with Crippen molar-refractivity contribution in [3.8, 4) is 17.7 Å². The molecular formula is C16H18N4O. The summed E-state index contributed by atoms with van der Waals surface area (Å²) in [6, 6.07) is 7.52. The molecule has 0 spiro atoms. The van der Waals surface area contributed by atoms with E-state index in [2.05, 4.69) is 28.3 Å². The van der Waals surface area contributed by atoms with E-state index in [0.717, 1.165) is 35.7 Å². The van der Waals surface area contributed by atoms with Gasteiger partial charge in [0.2, 0.25) is 5.88 Å². The Morgan fingerprint density at radius 2 is 1.90 bits per heavy atom. The molecule has 0 bridgehead atoms. The second-order valence-corrected chi connectivity index (χ2v) is 4.82. The highest BCUT2D eigenvalue weighted by atomic mass is 16.5. The maximum Gasteiger partial charge on any atom is 0.224 e. The minimum atomic E-state index is 0.486. The first kappa shape index (κ1) is 14.8. The van der Waals surface area contributed by atoms with Gasteiger partial charge in [0.25, 0.3) is 0 Å². The van der Waals surface area contributed by atoms with Gasteiger partial charge in [-0.1, -0.05) is 6.92 Å². The average molecular weight is 282 g/mol. The molecule has 0 fully saturated rings. The molecular weight excluding hydrogens is 264 g/mol. The second-order valence-electron chi connectivity index (χ2n) is 4.82. The van der Waals surface area contributed by atoms with Crippen LogP contribution in [0, 0.1) is 25.2 Å². The molecule has 5 heteroatoms. The van der Waals surface area contributed by atoms with Crippen LogP contribution in [-0.2, 0) is 0 Å². The number of hydrogen-bond donors (Lipinski definition) is 1. The Morgan fingerprint density at radius 1 is 1.19 bits per heavy atom. The van der Waals surface area contributed by atoms with Crippen LogP contribution < -0.4 is 10.1 Å². The van der Waals surface area contributed by atoms with Crippen LogP contribution in [0.15, 0.2) is 24.5 Å². The predicted octanol–water partition coefficient (Wildman–Crippen LogP) is 3.58. The summed E-state index contributed by atoms with van der Waals surface area (Å²) in [6.07, 6.45) is 2.50. The van der Waals surface area contributed by atoms with Gasteiger partial charge >= 0.3 is 0 Å². The van der Waals surface area contributed by atoms with E-state index in [1.165, 1.54) is 6.33 Å². The van der Waals surface area contributed by atoms with E-state index < -0.39 is 0 Å². The first-order valence-corrected chi connectivity index (χ1v) is 6.89. The maximum atomic E-state index is 8.97. The zero-order chi connectivity index (χ0) is 15.2. The molecule has 1 aromatic heterocycles. The molecule has 0 atom stereocenters. The summed E-state index contributed by atoms with van der Waals surface area (Å²) < 4.78 is 5.86. The van der Waals surface area contributed by atoms with Crippen LogP contribution in [0.5, 0.6) is 11.6 Å². The lowest BCUT2D eigenvalue weighted by Crippen LogP contribution is -2.03. The number of aromatic nitrogens is 2. The SMILES string of the molecule is CCCNc1cc(Oc2c(C)cc(C#N)cc2C)ncn1. The summed E-state index contributed by atoms with van der Waals surface area (Å²) in [7, 11) is 0. The zero-order valence-electron chi connectivity index (χ0n) is 12.5. The fourth-order valence-electron chi connectivity index (χ4n) is 2.03. The number of anilines is 1. The van der Waals surface area contributed by atoms with Crippen molar-refractivity contribution < 1.29 is 4.74 Å². The van der Waals surface area contributed by atoms with E-state index in [-0.39, 0.29) is 0 Å². The zero-order valence-corrected chi connectivity index (χ0v) is 12.5. The number of nitriles is 1. The van der Waals surface area contributed by atoms with Crippen molar-refractivity contribution in [1.29, 1.82) is 5.26 Å². The lowest BCUT2D eigenvalue weighted by molar-refractivity contribution is 0.455. The van der Waals surface area contributed by atoms with Gasteiger partial charge in [-0.15, -0.1) is 0 Å². The molecule has 0 unspecified atom stereocenters. The Balaban J connectivity index is 2.24. The normalized spacial score (nSPS) is 10.0. The van der Waals surface area contributed by atoms with E-state index in [1.807, 2.05) is 13.8 Å². The molecule has 1 aromatic carbocycles. The highest BCUT2D eigenvalue weighted by molar-refractivity contribution is 5.49. The van der Waals surface area contributed by atoms with Crippen molar-refractivity contribution >= 4 is 5.82 Å². The van der Waals surface area contributed by atoms with Gasteiger partial charge in [0.05, 0.1) is 11.6 Å². The van der Waals surface area contributed by atoms with Gasteiger partial charge in [0.15, 0.2) is 0 Å². The number of hydrogen-bond acceptors (Lipinski definition) is 5. The Bertz CT molecular complexity index is 653. The maximum absolute atomic E-state index is 8.97. The van der Waals surface area contributed by atoms with Crippen molar-refractivity contribution in [2.75, 3.05) is 11.9 Å². The molecule has 1 heterocycles. The van der Waals surface area contributed by atoms with E-state index in [4.69, 9.17) is 10.00 Å². The minimum absolute atomic E-state index is 0.486. The highest BCUT2D eigenvalue weighted by Crippen LogP contribution is 2.29. The largest absolute Gasteiger partial charge is 0.438 e. The molecule has 0 radical (unpaired) electrons. The Hall–Kier alpha value is -2.61. The Labute approximate surface area is 124 Å². The van der Waals surface area contributed by atoms with Gasteiger partial charge in [0.1, 0.15) is 17.9 Å². The van der Waals surface area contributed by atoms with E-state index in [1.54, 1.807) is 18.2 Å². The molecule has 0 saturated carbocycles. The number of nitrogens with zero attached hydrogens (tertiary/aromatic N) is 3. The Kier molecular flexibility index (Phi) is 4.72. The van der Waals surface area contributed by atoms with Crippen LogP contribution in [0.2, 0.25) is 0 Å². The lowest BCUT2D eigenvalue weighted by atomic mass is 10.1. The third-order valence-electron chi connectivity index (χ3n) is 2.99.